The van der Waals surface area contributed by atoms with Gasteiger partial charge in [-0.25, -0.2) is 8.42 Å². The molecular weight excluding hydrogens is 408 g/mol. The summed E-state index contributed by atoms with van der Waals surface area (Å²) in [6.07, 6.45) is 1.90. The van der Waals surface area contributed by atoms with Crippen molar-refractivity contribution in [2.75, 3.05) is 6.54 Å². The second-order valence-electron chi connectivity index (χ2n) is 7.56. The summed E-state index contributed by atoms with van der Waals surface area (Å²) < 4.78 is 27.5. The molecule has 2 aromatic carbocycles. The molecule has 1 saturated heterocycles. The zero-order valence-electron chi connectivity index (χ0n) is 17.0. The number of nitrogens with one attached hydrogen (secondary N) is 1. The van der Waals surface area contributed by atoms with Gasteiger partial charge in [0.2, 0.25) is 15.9 Å². The van der Waals surface area contributed by atoms with Crippen LogP contribution in [0.3, 0.4) is 0 Å². The van der Waals surface area contributed by atoms with Crippen LogP contribution in [-0.2, 0) is 14.8 Å². The average Bonchev–Trinajstić information content (AvgIpc) is 3.18. The molecule has 2 aromatic rings. The normalized spacial score (nSPS) is 18.6. The van der Waals surface area contributed by atoms with Crippen molar-refractivity contribution in [3.8, 4) is 0 Å². The molecule has 156 valence electrons. The van der Waals surface area contributed by atoms with Crippen LogP contribution in [-0.4, -0.2) is 31.2 Å². The van der Waals surface area contributed by atoms with E-state index in [-0.39, 0.29) is 16.8 Å². The minimum Gasteiger partial charge on any atom is -0.348 e. The predicted molar refractivity (Wildman–Crippen MR) is 115 cm³/mol. The molecule has 1 aliphatic heterocycles. The Bertz CT molecular complexity index is 990. The van der Waals surface area contributed by atoms with Crippen molar-refractivity contribution < 1.29 is 13.2 Å². The van der Waals surface area contributed by atoms with Crippen LogP contribution >= 0.6 is 11.6 Å². The molecule has 2 atom stereocenters. The van der Waals surface area contributed by atoms with E-state index in [1.54, 1.807) is 12.1 Å². The first-order valence-electron chi connectivity index (χ1n) is 9.89. The molecule has 0 aliphatic carbocycles. The molecule has 0 saturated carbocycles. The maximum Gasteiger partial charge on any atom is 0.243 e. The summed E-state index contributed by atoms with van der Waals surface area (Å²) >= 11 is 5.88. The Morgan fingerprint density at radius 3 is 2.52 bits per heavy atom. The number of carbonyl (C=O) groups excluding carboxylic acids is 1. The fraction of sp³-hybridized carbons (Fsp3) is 0.409. The van der Waals surface area contributed by atoms with Crippen LogP contribution in [0, 0.1) is 13.8 Å². The third-order valence-corrected chi connectivity index (χ3v) is 7.63. The number of hydrogen-bond acceptors (Lipinski definition) is 3. The summed E-state index contributed by atoms with van der Waals surface area (Å²) in [5.74, 6) is -0.244. The van der Waals surface area contributed by atoms with Crippen LogP contribution in [0.4, 0.5) is 0 Å². The monoisotopic (exact) mass is 434 g/mol. The molecule has 0 bridgehead atoms. The van der Waals surface area contributed by atoms with E-state index < -0.39 is 16.1 Å². The van der Waals surface area contributed by atoms with Gasteiger partial charge in [-0.2, -0.15) is 4.31 Å². The maximum atomic E-state index is 13.1. The van der Waals surface area contributed by atoms with Crippen LogP contribution in [0.1, 0.15) is 48.9 Å². The molecule has 0 aromatic heterocycles. The Kier molecular flexibility index (Phi) is 6.66. The molecule has 5 nitrogen and oxygen atoms in total. The minimum absolute atomic E-state index is 0.149. The van der Waals surface area contributed by atoms with Gasteiger partial charge in [0, 0.05) is 11.6 Å². The van der Waals surface area contributed by atoms with Crippen molar-refractivity contribution >= 4 is 27.5 Å². The van der Waals surface area contributed by atoms with Gasteiger partial charge in [0.15, 0.2) is 0 Å². The summed E-state index contributed by atoms with van der Waals surface area (Å²) in [6.45, 7) is 6.42. The van der Waals surface area contributed by atoms with Gasteiger partial charge in [0.25, 0.3) is 0 Å². The quantitative estimate of drug-likeness (QED) is 0.733. The Balaban J connectivity index is 1.81. The lowest BCUT2D eigenvalue weighted by atomic mass is 9.97. The van der Waals surface area contributed by atoms with Gasteiger partial charge >= 0.3 is 0 Å². The maximum absolute atomic E-state index is 13.1. The zero-order valence-corrected chi connectivity index (χ0v) is 18.6. The van der Waals surface area contributed by atoms with E-state index in [2.05, 4.69) is 11.4 Å². The minimum atomic E-state index is -3.76. The van der Waals surface area contributed by atoms with Crippen LogP contribution in [0.25, 0.3) is 0 Å². The number of sulfonamides is 1. The second-order valence-corrected chi connectivity index (χ2v) is 9.88. The van der Waals surface area contributed by atoms with Gasteiger partial charge in [-0.05, 0) is 68.5 Å². The predicted octanol–water partition coefficient (Wildman–Crippen LogP) is 4.38. The van der Waals surface area contributed by atoms with E-state index in [0.717, 1.165) is 17.5 Å². The SMILES string of the molecule is CC[C@H](NC(=O)[C@H]1CCCN1S(=O)(=O)c1ccc(Cl)cc1)c1ccc(C)cc1C. The van der Waals surface area contributed by atoms with Gasteiger partial charge in [-0.15, -0.1) is 0 Å². The Hall–Kier alpha value is -1.89. The highest BCUT2D eigenvalue weighted by Gasteiger charge is 2.40. The average molecular weight is 435 g/mol. The standard InChI is InChI=1S/C22H27ClN2O3S/c1-4-20(19-12-7-15(2)14-16(19)3)24-22(26)21-6-5-13-25(21)29(27,28)18-10-8-17(23)9-11-18/h7-12,14,20-21H,4-6,13H2,1-3H3,(H,24,26)/t20-,21+/m0/s1. The van der Waals surface area contributed by atoms with Crippen LogP contribution < -0.4 is 5.32 Å². The zero-order chi connectivity index (χ0) is 21.2. The number of halogens is 1. The number of aryl methyl sites for hydroxylation is 2. The third-order valence-electron chi connectivity index (χ3n) is 5.45. The van der Waals surface area contributed by atoms with E-state index in [9.17, 15) is 13.2 Å². The highest BCUT2D eigenvalue weighted by molar-refractivity contribution is 7.89. The van der Waals surface area contributed by atoms with Gasteiger partial charge in [0.1, 0.15) is 6.04 Å². The highest BCUT2D eigenvalue weighted by Crippen LogP contribution is 2.28. The van der Waals surface area contributed by atoms with Crippen molar-refractivity contribution in [2.24, 2.45) is 0 Å². The topological polar surface area (TPSA) is 66.5 Å². The molecule has 1 aliphatic rings. The molecule has 1 fully saturated rings. The number of benzene rings is 2. The summed E-state index contributed by atoms with van der Waals surface area (Å²) in [5.41, 5.74) is 3.36. The summed E-state index contributed by atoms with van der Waals surface area (Å²) in [4.78, 5) is 13.2. The molecule has 3 rings (SSSR count). The molecule has 1 N–H and O–H groups in total. The number of carbonyl (C=O) groups is 1. The second kappa shape index (κ2) is 8.86. The van der Waals surface area contributed by atoms with Gasteiger partial charge in [0.05, 0.1) is 10.9 Å². The Labute approximate surface area is 178 Å². The number of hydrogen-bond donors (Lipinski definition) is 1. The third kappa shape index (κ3) is 4.65. The van der Waals surface area contributed by atoms with Crippen molar-refractivity contribution in [3.63, 3.8) is 0 Å². The Morgan fingerprint density at radius 1 is 1.21 bits per heavy atom. The number of nitrogens with zero attached hydrogens (tertiary/aromatic N) is 1. The van der Waals surface area contributed by atoms with Crippen molar-refractivity contribution in [1.82, 2.24) is 9.62 Å². The van der Waals surface area contributed by atoms with Crippen LogP contribution in [0.5, 0.6) is 0 Å². The van der Waals surface area contributed by atoms with Gasteiger partial charge in [-0.1, -0.05) is 42.3 Å². The fourth-order valence-electron chi connectivity index (χ4n) is 3.92. The van der Waals surface area contributed by atoms with Crippen molar-refractivity contribution in [1.29, 1.82) is 0 Å². The van der Waals surface area contributed by atoms with E-state index in [0.29, 0.717) is 24.4 Å². The largest absolute Gasteiger partial charge is 0.348 e. The van der Waals surface area contributed by atoms with Gasteiger partial charge in [-0.3, -0.25) is 4.79 Å². The molecule has 0 spiro atoms. The van der Waals surface area contributed by atoms with Crippen molar-refractivity contribution in [2.45, 2.75) is 57.0 Å². The lowest BCUT2D eigenvalue weighted by Gasteiger charge is -2.26. The Morgan fingerprint density at radius 2 is 1.90 bits per heavy atom. The van der Waals surface area contributed by atoms with E-state index in [4.69, 9.17) is 11.6 Å². The van der Waals surface area contributed by atoms with Gasteiger partial charge < -0.3 is 5.32 Å². The first-order valence-corrected chi connectivity index (χ1v) is 11.7. The molecule has 1 heterocycles. The summed E-state index contributed by atoms with van der Waals surface area (Å²) in [5, 5.41) is 3.55. The molecule has 29 heavy (non-hydrogen) atoms. The molecule has 0 unspecified atom stereocenters. The van der Waals surface area contributed by atoms with E-state index in [1.807, 2.05) is 32.9 Å². The number of rotatable bonds is 6. The van der Waals surface area contributed by atoms with Crippen molar-refractivity contribution in [3.05, 3.63) is 64.2 Å². The first-order chi connectivity index (χ1) is 13.7. The summed E-state index contributed by atoms with van der Waals surface area (Å²) in [7, 11) is -3.76. The lowest BCUT2D eigenvalue weighted by molar-refractivity contribution is -0.125. The van der Waals surface area contributed by atoms with E-state index >= 15 is 0 Å². The molecule has 7 heteroatoms. The van der Waals surface area contributed by atoms with E-state index in [1.165, 1.54) is 22.0 Å². The number of amides is 1. The molecular formula is C22H27ClN2O3S. The molecule has 0 radical (unpaired) electrons. The lowest BCUT2D eigenvalue weighted by Crippen LogP contribution is -2.46. The van der Waals surface area contributed by atoms with Crippen LogP contribution in [0.15, 0.2) is 47.4 Å². The van der Waals surface area contributed by atoms with Crippen LogP contribution in [0.2, 0.25) is 5.02 Å². The molecule has 1 amide bonds. The summed E-state index contributed by atoms with van der Waals surface area (Å²) in [6, 6.07) is 11.4. The first kappa shape index (κ1) is 21.8. The fourth-order valence-corrected chi connectivity index (χ4v) is 5.70. The smallest absolute Gasteiger partial charge is 0.243 e. The highest BCUT2D eigenvalue weighted by atomic mass is 35.5.